The van der Waals surface area contributed by atoms with Gasteiger partial charge in [-0.25, -0.2) is 19.7 Å². The number of aliphatic hydroxyl groups excluding tert-OH is 2. The van der Waals surface area contributed by atoms with Crippen LogP contribution >= 0.6 is 11.8 Å². The molecule has 16 heteroatoms. The summed E-state index contributed by atoms with van der Waals surface area (Å²) in [6.07, 6.45) is 3.15. The second kappa shape index (κ2) is 10.2. The maximum absolute atomic E-state index is 12.1. The van der Waals surface area contributed by atoms with Crippen LogP contribution in [-0.2, 0) is 24.0 Å². The van der Waals surface area contributed by atoms with E-state index in [1.54, 1.807) is 4.72 Å². The number of aliphatic hydroxyl groups is 2. The molecule has 7 N–H and O–H groups in total. The summed E-state index contributed by atoms with van der Waals surface area (Å²) >= 11 is 1.46. The number of amides is 1. The van der Waals surface area contributed by atoms with Crippen LogP contribution in [0.15, 0.2) is 6.33 Å². The van der Waals surface area contributed by atoms with Crippen molar-refractivity contribution in [3.05, 3.63) is 12.2 Å². The average molecular weight is 502 g/mol. The second-order valence-electron chi connectivity index (χ2n) is 7.04. The van der Waals surface area contributed by atoms with Crippen molar-refractivity contribution in [2.75, 3.05) is 24.3 Å². The van der Waals surface area contributed by atoms with Crippen LogP contribution in [0.3, 0.4) is 0 Å². The highest BCUT2D eigenvalue weighted by Gasteiger charge is 2.45. The van der Waals surface area contributed by atoms with Gasteiger partial charge in [0.15, 0.2) is 17.7 Å². The molecule has 0 saturated carbocycles. The number of hydrogen-bond donors (Lipinski definition) is 5. The van der Waals surface area contributed by atoms with E-state index < -0.39 is 53.4 Å². The van der Waals surface area contributed by atoms with E-state index in [1.165, 1.54) is 22.7 Å². The van der Waals surface area contributed by atoms with Crippen molar-refractivity contribution in [2.24, 2.45) is 5.73 Å². The first-order chi connectivity index (χ1) is 15.6. The van der Waals surface area contributed by atoms with Crippen LogP contribution in [0.4, 0.5) is 5.82 Å². The van der Waals surface area contributed by atoms with Crippen molar-refractivity contribution in [1.82, 2.24) is 24.2 Å². The molecular weight excluding hydrogens is 478 g/mol. The molecule has 180 valence electrons. The molecule has 3 heterocycles. The maximum Gasteiger partial charge on any atom is 0.362 e. The monoisotopic (exact) mass is 501 g/mol. The van der Waals surface area contributed by atoms with Crippen LogP contribution in [0.2, 0.25) is 0 Å². The standard InChI is InChI=1S/C17H23N7O7S2/c1-3-10-21-14(19)11-15(22-10)24(7-20-11)17-13(26)12(25)9(31-17)6-30-33(28,29)23-16(27)8(18)4-5-32-2/h1,7-9,12-13,17,25-26H,4-6,18H2,2H3,(H,23,27)(H2,19,21,22)/t8-,9+,12+,13+,17?/m0/s1. The normalized spacial score (nSPS) is 24.0. The van der Waals surface area contributed by atoms with E-state index in [0.29, 0.717) is 5.75 Å². The third kappa shape index (κ3) is 5.52. The molecule has 0 spiro atoms. The summed E-state index contributed by atoms with van der Waals surface area (Å²) in [7, 11) is -4.54. The quantitative estimate of drug-likeness (QED) is 0.224. The molecule has 1 amide bonds. The number of nitrogen functional groups attached to an aromatic ring is 1. The molecule has 1 aliphatic heterocycles. The second-order valence-corrected chi connectivity index (χ2v) is 9.37. The molecule has 0 aromatic carbocycles. The van der Waals surface area contributed by atoms with Gasteiger partial charge in [0, 0.05) is 0 Å². The van der Waals surface area contributed by atoms with Crippen molar-refractivity contribution < 1.29 is 32.3 Å². The minimum absolute atomic E-state index is 0.0113. The lowest BCUT2D eigenvalue weighted by molar-refractivity contribution is -0.120. The Morgan fingerprint density at radius 1 is 1.45 bits per heavy atom. The van der Waals surface area contributed by atoms with E-state index in [-0.39, 0.29) is 29.2 Å². The first-order valence-corrected chi connectivity index (χ1v) is 12.3. The zero-order valence-corrected chi connectivity index (χ0v) is 19.0. The highest BCUT2D eigenvalue weighted by atomic mass is 32.2. The van der Waals surface area contributed by atoms with Crippen LogP contribution in [0.25, 0.3) is 11.2 Å². The largest absolute Gasteiger partial charge is 0.387 e. The number of ether oxygens (including phenoxy) is 1. The molecule has 1 aliphatic rings. The Morgan fingerprint density at radius 3 is 2.85 bits per heavy atom. The van der Waals surface area contributed by atoms with E-state index >= 15 is 0 Å². The van der Waals surface area contributed by atoms with Gasteiger partial charge in [0.05, 0.1) is 19.0 Å². The zero-order chi connectivity index (χ0) is 24.3. The van der Waals surface area contributed by atoms with E-state index in [1.807, 2.05) is 6.26 Å². The van der Waals surface area contributed by atoms with Crippen LogP contribution in [0, 0.1) is 12.3 Å². The molecule has 1 saturated heterocycles. The van der Waals surface area contributed by atoms with Gasteiger partial charge in [0.25, 0.3) is 5.91 Å². The number of nitrogens with zero attached hydrogens (tertiary/aromatic N) is 4. The molecule has 1 fully saturated rings. The molecule has 2 aromatic heterocycles. The van der Waals surface area contributed by atoms with Gasteiger partial charge in [-0.3, -0.25) is 13.5 Å². The fourth-order valence-electron chi connectivity index (χ4n) is 3.05. The van der Waals surface area contributed by atoms with Gasteiger partial charge in [-0.1, -0.05) is 0 Å². The van der Waals surface area contributed by atoms with Crippen molar-refractivity contribution in [3.63, 3.8) is 0 Å². The van der Waals surface area contributed by atoms with Crippen LogP contribution < -0.4 is 16.2 Å². The summed E-state index contributed by atoms with van der Waals surface area (Å²) in [6.45, 7) is -0.698. The van der Waals surface area contributed by atoms with Crippen molar-refractivity contribution in [2.45, 2.75) is 37.0 Å². The predicted octanol–water partition coefficient (Wildman–Crippen LogP) is -2.53. The van der Waals surface area contributed by atoms with E-state index in [0.717, 1.165) is 0 Å². The predicted molar refractivity (Wildman–Crippen MR) is 118 cm³/mol. The number of hydrogen-bond acceptors (Lipinski definition) is 13. The first kappa shape index (κ1) is 25.1. The number of rotatable bonds is 9. The molecule has 1 unspecified atom stereocenters. The number of fused-ring (bicyclic) bond motifs is 1. The lowest BCUT2D eigenvalue weighted by atomic mass is 10.1. The minimum Gasteiger partial charge on any atom is -0.387 e. The average Bonchev–Trinajstić information content (AvgIpc) is 3.31. The van der Waals surface area contributed by atoms with Crippen molar-refractivity contribution >= 4 is 45.0 Å². The number of nitrogens with one attached hydrogen (secondary N) is 1. The maximum atomic E-state index is 12.1. The van der Waals surface area contributed by atoms with Gasteiger partial charge >= 0.3 is 10.3 Å². The molecule has 14 nitrogen and oxygen atoms in total. The van der Waals surface area contributed by atoms with Crippen LogP contribution in [-0.4, -0.2) is 87.0 Å². The number of imidazole rings is 1. The SMILES string of the molecule is C#Cc1nc(N)c2ncn(C3O[C@H](COS(=O)(=O)NC(=O)[C@@H](N)CCSC)[C@@H](O)[C@H]3O)c2n1. The Balaban J connectivity index is 1.69. The lowest BCUT2D eigenvalue weighted by Crippen LogP contribution is -2.45. The van der Waals surface area contributed by atoms with Gasteiger partial charge in [-0.2, -0.15) is 20.2 Å². The number of aromatic nitrogens is 4. The third-order valence-electron chi connectivity index (χ3n) is 4.77. The van der Waals surface area contributed by atoms with Crippen molar-refractivity contribution in [1.29, 1.82) is 0 Å². The van der Waals surface area contributed by atoms with Gasteiger partial charge in [-0.15, -0.1) is 6.42 Å². The Bertz CT molecular complexity index is 1170. The lowest BCUT2D eigenvalue weighted by Gasteiger charge is -2.16. The third-order valence-corrected chi connectivity index (χ3v) is 6.31. The molecule has 0 bridgehead atoms. The van der Waals surface area contributed by atoms with Crippen LogP contribution in [0.5, 0.6) is 0 Å². The fourth-order valence-corrected chi connectivity index (χ4v) is 4.31. The molecule has 33 heavy (non-hydrogen) atoms. The zero-order valence-electron chi connectivity index (χ0n) is 17.4. The number of nitrogens with two attached hydrogens (primary N) is 2. The molecule has 2 aromatic rings. The Morgan fingerprint density at radius 2 is 2.18 bits per heavy atom. The summed E-state index contributed by atoms with van der Waals surface area (Å²) in [6, 6.07) is -1.04. The van der Waals surface area contributed by atoms with Gasteiger partial charge < -0.3 is 26.4 Å². The number of terminal acetylenes is 1. The molecule has 0 aliphatic carbocycles. The number of carbonyl (C=O) groups excluding carboxylic acids is 1. The van der Waals surface area contributed by atoms with Crippen LogP contribution in [0.1, 0.15) is 18.5 Å². The highest BCUT2D eigenvalue weighted by Crippen LogP contribution is 2.32. The molecule has 0 radical (unpaired) electrons. The Labute approximate surface area is 193 Å². The fraction of sp³-hybridized carbons (Fsp3) is 0.529. The number of thioether (sulfide) groups is 1. The number of anilines is 1. The summed E-state index contributed by atoms with van der Waals surface area (Å²) in [4.78, 5) is 24.0. The first-order valence-electron chi connectivity index (χ1n) is 9.51. The van der Waals surface area contributed by atoms with E-state index in [9.17, 15) is 23.4 Å². The van der Waals surface area contributed by atoms with E-state index in [2.05, 4.69) is 20.9 Å². The summed E-state index contributed by atoms with van der Waals surface area (Å²) in [5, 5.41) is 20.8. The molecule has 5 atom stereocenters. The summed E-state index contributed by atoms with van der Waals surface area (Å²) < 4.78 is 37.5. The smallest absolute Gasteiger partial charge is 0.362 e. The Kier molecular flexibility index (Phi) is 7.74. The van der Waals surface area contributed by atoms with E-state index in [4.69, 9.17) is 26.8 Å². The summed E-state index contributed by atoms with van der Waals surface area (Å²) in [5.74, 6) is 1.87. The molecular formula is C17H23N7O7S2. The van der Waals surface area contributed by atoms with Crippen molar-refractivity contribution in [3.8, 4) is 12.3 Å². The molecule has 3 rings (SSSR count). The minimum atomic E-state index is -4.54. The van der Waals surface area contributed by atoms with Gasteiger partial charge in [-0.05, 0) is 24.3 Å². The topological polar surface area (TPSA) is 218 Å². The van der Waals surface area contributed by atoms with Gasteiger partial charge in [0.1, 0.15) is 23.8 Å². The number of carbonyl (C=O) groups is 1. The summed E-state index contributed by atoms with van der Waals surface area (Å²) in [5.41, 5.74) is 11.8. The highest BCUT2D eigenvalue weighted by molar-refractivity contribution is 7.98. The van der Waals surface area contributed by atoms with Gasteiger partial charge in [0.2, 0.25) is 5.82 Å². The Hall–Kier alpha value is -2.52.